The van der Waals surface area contributed by atoms with Gasteiger partial charge < -0.3 is 5.32 Å². The molecule has 1 amide bonds. The van der Waals surface area contributed by atoms with Gasteiger partial charge in [-0.15, -0.1) is 0 Å². The molecule has 1 N–H and O–H groups in total. The number of nitrogens with zero attached hydrogens (tertiary/aromatic N) is 2. The molecule has 2 atom stereocenters. The number of amides is 1. The zero-order valence-electron chi connectivity index (χ0n) is 12.7. The van der Waals surface area contributed by atoms with Crippen LogP contribution in [0, 0.1) is 6.92 Å². The SMILES string of the molecule is Cc1cccc(C(=O)N[C@@H]2CS(=O)(=O)C[C@@H]2N2CCCC2)n1. The first kappa shape index (κ1) is 15.4. The van der Waals surface area contributed by atoms with Crippen LogP contribution in [0.2, 0.25) is 0 Å². The summed E-state index contributed by atoms with van der Waals surface area (Å²) >= 11 is 0. The minimum Gasteiger partial charge on any atom is -0.345 e. The number of aryl methyl sites for hydroxylation is 1. The molecular weight excluding hydrogens is 302 g/mol. The van der Waals surface area contributed by atoms with E-state index >= 15 is 0 Å². The van der Waals surface area contributed by atoms with Gasteiger partial charge in [0.25, 0.3) is 5.91 Å². The van der Waals surface area contributed by atoms with Gasteiger partial charge in [-0.2, -0.15) is 0 Å². The second-order valence-corrected chi connectivity index (χ2v) is 8.29. The minimum absolute atomic E-state index is 0.0196. The molecule has 120 valence electrons. The molecule has 3 heterocycles. The number of likely N-dealkylation sites (tertiary alicyclic amines) is 1. The summed E-state index contributed by atoms with van der Waals surface area (Å²) in [6, 6.07) is 4.79. The predicted molar refractivity (Wildman–Crippen MR) is 83.5 cm³/mol. The summed E-state index contributed by atoms with van der Waals surface area (Å²) in [5.74, 6) is -0.139. The van der Waals surface area contributed by atoms with Crippen LogP contribution < -0.4 is 5.32 Å². The second-order valence-electron chi connectivity index (χ2n) is 6.13. The van der Waals surface area contributed by atoms with Crippen LogP contribution in [-0.2, 0) is 9.84 Å². The van der Waals surface area contributed by atoms with E-state index in [2.05, 4.69) is 15.2 Å². The topological polar surface area (TPSA) is 79.4 Å². The van der Waals surface area contributed by atoms with Crippen molar-refractivity contribution < 1.29 is 13.2 Å². The van der Waals surface area contributed by atoms with Crippen molar-refractivity contribution in [2.75, 3.05) is 24.6 Å². The fraction of sp³-hybridized carbons (Fsp3) is 0.600. The Hall–Kier alpha value is -1.47. The fourth-order valence-electron chi connectivity index (χ4n) is 3.31. The number of nitrogens with one attached hydrogen (secondary N) is 1. The highest BCUT2D eigenvalue weighted by atomic mass is 32.2. The zero-order chi connectivity index (χ0) is 15.7. The summed E-state index contributed by atoms with van der Waals surface area (Å²) < 4.78 is 24.0. The van der Waals surface area contributed by atoms with E-state index in [1.54, 1.807) is 12.1 Å². The van der Waals surface area contributed by atoms with Gasteiger partial charge in [-0.25, -0.2) is 13.4 Å². The summed E-state index contributed by atoms with van der Waals surface area (Å²) in [5.41, 5.74) is 1.10. The third-order valence-corrected chi connectivity index (χ3v) is 6.09. The predicted octanol–water partition coefficient (Wildman–Crippen LogP) is 0.381. The van der Waals surface area contributed by atoms with Crippen molar-refractivity contribution in [3.63, 3.8) is 0 Å². The number of pyridine rings is 1. The third-order valence-electron chi connectivity index (χ3n) is 4.37. The number of sulfone groups is 1. The van der Waals surface area contributed by atoms with Crippen LogP contribution in [0.4, 0.5) is 0 Å². The molecular formula is C15H21N3O3S. The van der Waals surface area contributed by atoms with Crippen LogP contribution >= 0.6 is 0 Å². The Kier molecular flexibility index (Phi) is 4.18. The van der Waals surface area contributed by atoms with Crippen LogP contribution in [0.15, 0.2) is 18.2 Å². The van der Waals surface area contributed by atoms with Gasteiger partial charge in [-0.1, -0.05) is 6.07 Å². The van der Waals surface area contributed by atoms with Crippen LogP contribution in [0.3, 0.4) is 0 Å². The number of carbonyl (C=O) groups excluding carboxylic acids is 1. The van der Waals surface area contributed by atoms with Crippen molar-refractivity contribution in [1.29, 1.82) is 0 Å². The first-order valence-electron chi connectivity index (χ1n) is 7.64. The molecule has 1 aromatic rings. The standard InChI is InChI=1S/C15H21N3O3S/c1-11-5-4-6-12(16-11)15(19)17-13-9-22(20,21)10-14(13)18-7-2-3-8-18/h4-6,13-14H,2-3,7-10H2,1H3,(H,17,19)/t13-,14+/m1/s1. The van der Waals surface area contributed by atoms with Crippen molar-refractivity contribution in [2.24, 2.45) is 0 Å². The largest absolute Gasteiger partial charge is 0.345 e. The number of hydrogen-bond acceptors (Lipinski definition) is 5. The van der Waals surface area contributed by atoms with E-state index in [0.717, 1.165) is 31.6 Å². The highest BCUT2D eigenvalue weighted by Crippen LogP contribution is 2.22. The van der Waals surface area contributed by atoms with Crippen molar-refractivity contribution in [3.05, 3.63) is 29.6 Å². The van der Waals surface area contributed by atoms with Gasteiger partial charge >= 0.3 is 0 Å². The molecule has 0 bridgehead atoms. The molecule has 6 nitrogen and oxygen atoms in total. The molecule has 1 aromatic heterocycles. The molecule has 2 fully saturated rings. The average molecular weight is 323 g/mol. The Labute approximate surface area is 130 Å². The van der Waals surface area contributed by atoms with E-state index in [4.69, 9.17) is 0 Å². The van der Waals surface area contributed by atoms with E-state index in [0.29, 0.717) is 5.69 Å². The van der Waals surface area contributed by atoms with Crippen LogP contribution in [-0.4, -0.2) is 60.9 Å². The smallest absolute Gasteiger partial charge is 0.270 e. The summed E-state index contributed by atoms with van der Waals surface area (Å²) in [6.45, 7) is 3.65. The molecule has 2 aliphatic heterocycles. The van der Waals surface area contributed by atoms with Gasteiger partial charge in [0.15, 0.2) is 9.84 Å². The van der Waals surface area contributed by atoms with E-state index in [9.17, 15) is 13.2 Å². The molecule has 0 saturated carbocycles. The van der Waals surface area contributed by atoms with Gasteiger partial charge in [0.05, 0.1) is 17.5 Å². The summed E-state index contributed by atoms with van der Waals surface area (Å²) in [7, 11) is -3.09. The second kappa shape index (κ2) is 5.96. The zero-order valence-corrected chi connectivity index (χ0v) is 13.5. The summed E-state index contributed by atoms with van der Waals surface area (Å²) in [6.07, 6.45) is 2.19. The Bertz CT molecular complexity index is 668. The maximum Gasteiger partial charge on any atom is 0.270 e. The van der Waals surface area contributed by atoms with Crippen LogP contribution in [0.25, 0.3) is 0 Å². The van der Waals surface area contributed by atoms with E-state index in [1.807, 2.05) is 13.0 Å². The normalized spacial score (nSPS) is 27.9. The molecule has 0 unspecified atom stereocenters. The van der Waals surface area contributed by atoms with Crippen molar-refractivity contribution in [2.45, 2.75) is 31.8 Å². The third kappa shape index (κ3) is 3.30. The Morgan fingerprint density at radius 1 is 1.27 bits per heavy atom. The molecule has 0 radical (unpaired) electrons. The molecule has 3 rings (SSSR count). The van der Waals surface area contributed by atoms with Crippen molar-refractivity contribution in [3.8, 4) is 0 Å². The van der Waals surface area contributed by atoms with Gasteiger partial charge in [-0.05, 0) is 45.0 Å². The maximum atomic E-state index is 12.3. The molecule has 2 saturated heterocycles. The van der Waals surface area contributed by atoms with E-state index in [1.165, 1.54) is 0 Å². The number of carbonyl (C=O) groups is 1. The van der Waals surface area contributed by atoms with E-state index in [-0.39, 0.29) is 29.5 Å². The lowest BCUT2D eigenvalue weighted by atomic mass is 10.1. The molecule has 7 heteroatoms. The molecule has 0 spiro atoms. The van der Waals surface area contributed by atoms with Gasteiger partial charge in [0, 0.05) is 11.7 Å². The Balaban J connectivity index is 1.75. The highest BCUT2D eigenvalue weighted by molar-refractivity contribution is 7.91. The number of aromatic nitrogens is 1. The van der Waals surface area contributed by atoms with Crippen LogP contribution in [0.1, 0.15) is 29.0 Å². The summed E-state index contributed by atoms with van der Waals surface area (Å²) in [4.78, 5) is 18.7. The fourth-order valence-corrected chi connectivity index (χ4v) is 5.26. The maximum absolute atomic E-state index is 12.3. The van der Waals surface area contributed by atoms with Gasteiger partial charge in [0.2, 0.25) is 0 Å². The average Bonchev–Trinajstić information content (AvgIpc) is 3.06. The number of rotatable bonds is 3. The van der Waals surface area contributed by atoms with Gasteiger partial charge in [-0.3, -0.25) is 9.69 Å². The molecule has 22 heavy (non-hydrogen) atoms. The molecule has 0 aliphatic carbocycles. The minimum atomic E-state index is -3.09. The monoisotopic (exact) mass is 323 g/mol. The first-order valence-corrected chi connectivity index (χ1v) is 9.46. The van der Waals surface area contributed by atoms with Crippen LogP contribution in [0.5, 0.6) is 0 Å². The Morgan fingerprint density at radius 2 is 2.00 bits per heavy atom. The Morgan fingerprint density at radius 3 is 2.68 bits per heavy atom. The first-order chi connectivity index (χ1) is 10.4. The lowest BCUT2D eigenvalue weighted by Crippen LogP contribution is -2.50. The van der Waals surface area contributed by atoms with Crippen molar-refractivity contribution >= 4 is 15.7 Å². The highest BCUT2D eigenvalue weighted by Gasteiger charge is 2.42. The lowest BCUT2D eigenvalue weighted by Gasteiger charge is -2.28. The van der Waals surface area contributed by atoms with E-state index < -0.39 is 9.84 Å². The summed E-state index contributed by atoms with van der Waals surface area (Å²) in [5, 5.41) is 2.88. The quantitative estimate of drug-likeness (QED) is 0.870. The van der Waals surface area contributed by atoms with Crippen molar-refractivity contribution in [1.82, 2.24) is 15.2 Å². The van der Waals surface area contributed by atoms with Gasteiger partial charge in [0.1, 0.15) is 5.69 Å². The number of hydrogen-bond donors (Lipinski definition) is 1. The molecule has 2 aliphatic rings. The lowest BCUT2D eigenvalue weighted by molar-refractivity contribution is 0.0913. The molecule has 0 aromatic carbocycles.